The van der Waals surface area contributed by atoms with E-state index in [0.717, 1.165) is 50.3 Å². The molecule has 0 aliphatic carbocycles. The summed E-state index contributed by atoms with van der Waals surface area (Å²) in [6.45, 7) is 6.27. The van der Waals surface area contributed by atoms with Gasteiger partial charge in [0.1, 0.15) is 11.5 Å². The van der Waals surface area contributed by atoms with E-state index >= 15 is 0 Å². The molecule has 2 fully saturated rings. The highest BCUT2D eigenvalue weighted by molar-refractivity contribution is 5.78. The quantitative estimate of drug-likeness (QED) is 0.818. The number of carbonyl (C=O) groups is 2. The predicted molar refractivity (Wildman–Crippen MR) is 94.9 cm³/mol. The highest BCUT2D eigenvalue weighted by Crippen LogP contribution is 2.30. The number of likely N-dealkylation sites (tertiary alicyclic amines) is 2. The lowest BCUT2D eigenvalue weighted by Gasteiger charge is -2.34. The Morgan fingerprint density at radius 3 is 2.60 bits per heavy atom. The first kappa shape index (κ1) is 18.0. The normalized spacial score (nSPS) is 24.0. The van der Waals surface area contributed by atoms with Gasteiger partial charge in [-0.2, -0.15) is 0 Å². The molecule has 6 nitrogen and oxygen atoms in total. The molecule has 0 unspecified atom stereocenters. The van der Waals surface area contributed by atoms with Crippen LogP contribution in [0.5, 0.6) is 0 Å². The maximum Gasteiger partial charge on any atom is 0.236 e. The van der Waals surface area contributed by atoms with Crippen molar-refractivity contribution < 1.29 is 14.0 Å². The first-order valence-electron chi connectivity index (χ1n) is 9.26. The van der Waals surface area contributed by atoms with Crippen molar-refractivity contribution in [2.45, 2.75) is 58.2 Å². The third-order valence-corrected chi connectivity index (χ3v) is 5.52. The Hall–Kier alpha value is -1.82. The standard InChI is InChI=1S/C19H29N3O3/c1-14-8-9-16(25-14)12-20(3)19(24)13-21-10-4-6-17(21)18-7-5-11-22(18)15(2)23/h8-9,17-18H,4-7,10-13H2,1-3H3/t17-,18-/m1/s1. The van der Waals surface area contributed by atoms with Crippen molar-refractivity contribution in [3.8, 4) is 0 Å². The van der Waals surface area contributed by atoms with Crippen LogP contribution in [-0.2, 0) is 16.1 Å². The first-order chi connectivity index (χ1) is 12.0. The van der Waals surface area contributed by atoms with E-state index < -0.39 is 0 Å². The van der Waals surface area contributed by atoms with Crippen LogP contribution in [0.25, 0.3) is 0 Å². The van der Waals surface area contributed by atoms with E-state index in [-0.39, 0.29) is 17.9 Å². The van der Waals surface area contributed by atoms with E-state index in [1.165, 1.54) is 0 Å². The molecule has 1 aromatic heterocycles. The lowest BCUT2D eigenvalue weighted by atomic mass is 10.0. The van der Waals surface area contributed by atoms with Crippen LogP contribution in [0.4, 0.5) is 0 Å². The van der Waals surface area contributed by atoms with Crippen LogP contribution >= 0.6 is 0 Å². The molecule has 0 bridgehead atoms. The van der Waals surface area contributed by atoms with Crippen molar-refractivity contribution in [3.05, 3.63) is 23.7 Å². The van der Waals surface area contributed by atoms with Gasteiger partial charge in [-0.15, -0.1) is 0 Å². The maximum atomic E-state index is 12.6. The summed E-state index contributed by atoms with van der Waals surface area (Å²) in [5.74, 6) is 1.94. The highest BCUT2D eigenvalue weighted by Gasteiger charge is 2.39. The van der Waals surface area contributed by atoms with Gasteiger partial charge in [0.15, 0.2) is 0 Å². The van der Waals surface area contributed by atoms with Crippen LogP contribution < -0.4 is 0 Å². The molecule has 2 aliphatic rings. The van der Waals surface area contributed by atoms with Gasteiger partial charge < -0.3 is 14.2 Å². The minimum Gasteiger partial charge on any atom is -0.464 e. The molecule has 2 amide bonds. The van der Waals surface area contributed by atoms with Crippen LogP contribution in [-0.4, -0.2) is 65.3 Å². The predicted octanol–water partition coefficient (Wildman–Crippen LogP) is 2.02. The second-order valence-electron chi connectivity index (χ2n) is 7.36. The van der Waals surface area contributed by atoms with E-state index in [4.69, 9.17) is 4.42 Å². The zero-order valence-corrected chi connectivity index (χ0v) is 15.5. The molecule has 0 saturated carbocycles. The van der Waals surface area contributed by atoms with Gasteiger partial charge in [-0.3, -0.25) is 14.5 Å². The number of hydrogen-bond donors (Lipinski definition) is 0. The van der Waals surface area contributed by atoms with Crippen LogP contribution in [0.2, 0.25) is 0 Å². The molecule has 0 N–H and O–H groups in total. The van der Waals surface area contributed by atoms with Crippen LogP contribution in [0.1, 0.15) is 44.1 Å². The number of amides is 2. The zero-order chi connectivity index (χ0) is 18.0. The van der Waals surface area contributed by atoms with Gasteiger partial charge in [0, 0.05) is 32.6 Å². The van der Waals surface area contributed by atoms with Crippen LogP contribution in [0, 0.1) is 6.92 Å². The molecule has 1 aromatic rings. The lowest BCUT2D eigenvalue weighted by molar-refractivity contribution is -0.133. The van der Waals surface area contributed by atoms with Gasteiger partial charge in [0.05, 0.1) is 13.1 Å². The van der Waals surface area contributed by atoms with Crippen molar-refractivity contribution in [2.24, 2.45) is 0 Å². The average Bonchev–Trinajstić information content (AvgIpc) is 3.27. The molecule has 0 spiro atoms. The van der Waals surface area contributed by atoms with E-state index in [1.807, 2.05) is 31.0 Å². The summed E-state index contributed by atoms with van der Waals surface area (Å²) >= 11 is 0. The van der Waals surface area contributed by atoms with E-state index in [9.17, 15) is 9.59 Å². The largest absolute Gasteiger partial charge is 0.464 e. The second-order valence-corrected chi connectivity index (χ2v) is 7.36. The molecular weight excluding hydrogens is 318 g/mol. The zero-order valence-electron chi connectivity index (χ0n) is 15.5. The molecule has 3 heterocycles. The van der Waals surface area contributed by atoms with Crippen molar-refractivity contribution in [1.82, 2.24) is 14.7 Å². The summed E-state index contributed by atoms with van der Waals surface area (Å²) in [6.07, 6.45) is 4.29. The SMILES string of the molecule is CC(=O)N1CCC[C@@H]1[C@H]1CCCN1CC(=O)N(C)Cc1ccc(C)o1. The molecular formula is C19H29N3O3. The number of furan rings is 1. The molecule has 2 saturated heterocycles. The van der Waals surface area contributed by atoms with Gasteiger partial charge >= 0.3 is 0 Å². The topological polar surface area (TPSA) is 57.0 Å². The van der Waals surface area contributed by atoms with Crippen molar-refractivity contribution in [1.29, 1.82) is 0 Å². The lowest BCUT2D eigenvalue weighted by Crippen LogP contribution is -2.50. The first-order valence-corrected chi connectivity index (χ1v) is 9.26. The third kappa shape index (κ3) is 4.06. The fraction of sp³-hybridized carbons (Fsp3) is 0.684. The van der Waals surface area contributed by atoms with Gasteiger partial charge in [-0.1, -0.05) is 0 Å². The number of rotatable bonds is 5. The molecule has 2 aliphatic heterocycles. The van der Waals surface area contributed by atoms with E-state index in [1.54, 1.807) is 11.8 Å². The average molecular weight is 347 g/mol. The van der Waals surface area contributed by atoms with E-state index in [2.05, 4.69) is 4.90 Å². The number of likely N-dealkylation sites (N-methyl/N-ethyl adjacent to an activating group) is 1. The summed E-state index contributed by atoms with van der Waals surface area (Å²) in [7, 11) is 1.82. The Morgan fingerprint density at radius 1 is 1.20 bits per heavy atom. The number of nitrogens with zero attached hydrogens (tertiary/aromatic N) is 3. The minimum atomic E-state index is 0.105. The van der Waals surface area contributed by atoms with Crippen molar-refractivity contribution in [3.63, 3.8) is 0 Å². The highest BCUT2D eigenvalue weighted by atomic mass is 16.3. The summed E-state index contributed by atoms with van der Waals surface area (Å²) in [5.41, 5.74) is 0. The molecule has 25 heavy (non-hydrogen) atoms. The summed E-state index contributed by atoms with van der Waals surface area (Å²) in [5, 5.41) is 0. The molecule has 2 atom stereocenters. The number of hydrogen-bond acceptors (Lipinski definition) is 4. The Morgan fingerprint density at radius 2 is 1.92 bits per heavy atom. The molecule has 138 valence electrons. The molecule has 0 radical (unpaired) electrons. The van der Waals surface area contributed by atoms with Crippen molar-refractivity contribution in [2.75, 3.05) is 26.7 Å². The van der Waals surface area contributed by atoms with Crippen LogP contribution in [0.15, 0.2) is 16.5 Å². The fourth-order valence-electron chi connectivity index (χ4n) is 4.25. The van der Waals surface area contributed by atoms with Gasteiger partial charge in [-0.05, 0) is 51.3 Å². The smallest absolute Gasteiger partial charge is 0.236 e. The Balaban J connectivity index is 1.59. The Bertz CT molecular complexity index is 627. The van der Waals surface area contributed by atoms with Gasteiger partial charge in [0.2, 0.25) is 11.8 Å². The maximum absolute atomic E-state index is 12.6. The Labute approximate surface area is 149 Å². The van der Waals surface area contributed by atoms with Gasteiger partial charge in [0.25, 0.3) is 0 Å². The second kappa shape index (κ2) is 7.60. The summed E-state index contributed by atoms with van der Waals surface area (Å²) < 4.78 is 5.57. The summed E-state index contributed by atoms with van der Waals surface area (Å²) in [4.78, 5) is 30.5. The van der Waals surface area contributed by atoms with Crippen LogP contribution in [0.3, 0.4) is 0 Å². The number of carbonyl (C=O) groups excluding carboxylic acids is 2. The van der Waals surface area contributed by atoms with Gasteiger partial charge in [-0.25, -0.2) is 0 Å². The fourth-order valence-corrected chi connectivity index (χ4v) is 4.25. The van der Waals surface area contributed by atoms with Crippen molar-refractivity contribution >= 4 is 11.8 Å². The molecule has 6 heteroatoms. The Kier molecular flexibility index (Phi) is 5.47. The molecule has 3 rings (SSSR count). The monoisotopic (exact) mass is 347 g/mol. The molecule has 0 aromatic carbocycles. The minimum absolute atomic E-state index is 0.105. The third-order valence-electron chi connectivity index (χ3n) is 5.52. The number of aryl methyl sites for hydroxylation is 1. The van der Waals surface area contributed by atoms with E-state index in [0.29, 0.717) is 19.1 Å². The summed E-state index contributed by atoms with van der Waals surface area (Å²) in [6, 6.07) is 4.42.